The number of piperazine rings is 1. The molecule has 0 saturated carbocycles. The van der Waals surface area contributed by atoms with Crippen molar-refractivity contribution in [2.24, 2.45) is 0 Å². The van der Waals surface area contributed by atoms with Gasteiger partial charge < -0.3 is 14.7 Å². The first-order valence-corrected chi connectivity index (χ1v) is 10.4. The van der Waals surface area contributed by atoms with E-state index in [9.17, 15) is 4.79 Å². The third kappa shape index (κ3) is 3.98. The smallest absolute Gasteiger partial charge is 0.277 e. The maximum Gasteiger partial charge on any atom is 0.277 e. The maximum absolute atomic E-state index is 12.8. The molecule has 3 heterocycles. The first-order valence-electron chi connectivity index (χ1n) is 9.59. The lowest BCUT2D eigenvalue weighted by Gasteiger charge is -2.35. The molecule has 7 nitrogen and oxygen atoms in total. The lowest BCUT2D eigenvalue weighted by atomic mass is 10.2. The van der Waals surface area contributed by atoms with E-state index in [1.807, 2.05) is 29.2 Å². The normalized spacial score (nSPS) is 16.9. The number of thiazole rings is 1. The van der Waals surface area contributed by atoms with Crippen molar-refractivity contribution in [2.75, 3.05) is 44.7 Å². The number of amides is 1. The SMILES string of the molecule is C[C@@H](c1nc2ccccc2s1)[NH+](C)CC(=O)N1CCN(c2ncccn2)CC1. The van der Waals surface area contributed by atoms with E-state index in [2.05, 4.69) is 34.9 Å². The highest BCUT2D eigenvalue weighted by Crippen LogP contribution is 2.24. The van der Waals surface area contributed by atoms with Crippen LogP contribution < -0.4 is 9.80 Å². The van der Waals surface area contributed by atoms with Gasteiger partial charge in [0.25, 0.3) is 5.91 Å². The third-order valence-electron chi connectivity index (χ3n) is 5.32. The van der Waals surface area contributed by atoms with E-state index in [0.29, 0.717) is 19.6 Å². The van der Waals surface area contributed by atoms with Crippen molar-refractivity contribution in [3.8, 4) is 0 Å². The van der Waals surface area contributed by atoms with Crippen LogP contribution in [0.3, 0.4) is 0 Å². The van der Waals surface area contributed by atoms with Gasteiger partial charge >= 0.3 is 0 Å². The van der Waals surface area contributed by atoms with Crippen molar-refractivity contribution in [2.45, 2.75) is 13.0 Å². The standard InChI is InChI=1S/C20H24N6OS/c1-15(19-23-16-6-3-4-7-17(16)28-19)24(2)14-18(27)25-10-12-26(13-11-25)20-21-8-5-9-22-20/h3-9,15H,10-14H2,1-2H3/p+1/t15-/m0/s1. The number of aromatic nitrogens is 3. The van der Waals surface area contributed by atoms with Gasteiger partial charge in [-0.2, -0.15) is 0 Å². The van der Waals surface area contributed by atoms with Crippen molar-refractivity contribution in [3.05, 3.63) is 47.7 Å². The fourth-order valence-corrected chi connectivity index (χ4v) is 4.51. The number of fused-ring (bicyclic) bond motifs is 1. The zero-order chi connectivity index (χ0) is 19.5. The number of anilines is 1. The Balaban J connectivity index is 1.33. The molecule has 1 aromatic carbocycles. The lowest BCUT2D eigenvalue weighted by Crippen LogP contribution is -3.10. The second-order valence-corrected chi connectivity index (χ2v) is 8.24. The number of carbonyl (C=O) groups is 1. The average molecular weight is 398 g/mol. The summed E-state index contributed by atoms with van der Waals surface area (Å²) in [5.74, 6) is 0.931. The highest BCUT2D eigenvalue weighted by molar-refractivity contribution is 7.18. The quantitative estimate of drug-likeness (QED) is 0.696. The van der Waals surface area contributed by atoms with E-state index in [1.165, 1.54) is 4.70 Å². The van der Waals surface area contributed by atoms with Crippen LogP contribution >= 0.6 is 11.3 Å². The molecule has 146 valence electrons. The number of carbonyl (C=O) groups excluding carboxylic acids is 1. The summed E-state index contributed by atoms with van der Waals surface area (Å²) < 4.78 is 1.20. The van der Waals surface area contributed by atoms with Crippen LogP contribution in [-0.2, 0) is 4.79 Å². The molecule has 1 amide bonds. The molecule has 2 aromatic heterocycles. The van der Waals surface area contributed by atoms with E-state index in [-0.39, 0.29) is 11.9 Å². The Labute approximate surface area is 168 Å². The van der Waals surface area contributed by atoms with Gasteiger partial charge in [0, 0.05) is 38.6 Å². The number of benzene rings is 1. The van der Waals surface area contributed by atoms with Crippen molar-refractivity contribution in [3.63, 3.8) is 0 Å². The van der Waals surface area contributed by atoms with Crippen molar-refractivity contribution in [1.82, 2.24) is 19.9 Å². The molecule has 0 spiro atoms. The zero-order valence-electron chi connectivity index (χ0n) is 16.2. The van der Waals surface area contributed by atoms with E-state index in [1.54, 1.807) is 23.7 Å². The van der Waals surface area contributed by atoms with E-state index in [4.69, 9.17) is 4.98 Å². The Bertz CT molecular complexity index is 905. The summed E-state index contributed by atoms with van der Waals surface area (Å²) >= 11 is 1.72. The predicted molar refractivity (Wildman–Crippen MR) is 111 cm³/mol. The number of hydrogen-bond donors (Lipinski definition) is 1. The second-order valence-electron chi connectivity index (χ2n) is 7.18. The minimum Gasteiger partial charge on any atom is -0.337 e. The number of nitrogens with one attached hydrogen (secondary N) is 1. The van der Waals surface area contributed by atoms with Crippen LogP contribution in [0, 0.1) is 0 Å². The van der Waals surface area contributed by atoms with Gasteiger partial charge in [0.15, 0.2) is 11.6 Å². The minimum atomic E-state index is 0.181. The summed E-state index contributed by atoms with van der Waals surface area (Å²) in [6.07, 6.45) is 3.50. The second kappa shape index (κ2) is 8.20. The molecule has 1 fully saturated rings. The Morgan fingerprint density at radius 1 is 1.14 bits per heavy atom. The van der Waals surface area contributed by atoms with E-state index >= 15 is 0 Å². The summed E-state index contributed by atoms with van der Waals surface area (Å²) in [7, 11) is 2.07. The number of para-hydroxylation sites is 1. The molecule has 0 radical (unpaired) electrons. The average Bonchev–Trinajstić information content (AvgIpc) is 3.18. The van der Waals surface area contributed by atoms with Gasteiger partial charge in [0.2, 0.25) is 5.95 Å². The van der Waals surface area contributed by atoms with Gasteiger partial charge in [-0.3, -0.25) is 4.79 Å². The summed E-state index contributed by atoms with van der Waals surface area (Å²) in [5.41, 5.74) is 1.03. The summed E-state index contributed by atoms with van der Waals surface area (Å²) in [5, 5.41) is 1.08. The van der Waals surface area contributed by atoms with Crippen molar-refractivity contribution < 1.29 is 9.69 Å². The molecule has 1 saturated heterocycles. The maximum atomic E-state index is 12.8. The van der Waals surface area contributed by atoms with Crippen LogP contribution in [0.15, 0.2) is 42.7 Å². The van der Waals surface area contributed by atoms with Crippen LogP contribution in [0.4, 0.5) is 5.95 Å². The van der Waals surface area contributed by atoms with Crippen LogP contribution in [-0.4, -0.2) is 65.5 Å². The topological polar surface area (TPSA) is 66.7 Å². The van der Waals surface area contributed by atoms with Gasteiger partial charge in [-0.15, -0.1) is 11.3 Å². The number of rotatable bonds is 5. The molecule has 1 unspecified atom stereocenters. The Kier molecular flexibility index (Phi) is 5.50. The number of hydrogen-bond acceptors (Lipinski definition) is 6. The molecule has 0 aliphatic carbocycles. The lowest BCUT2D eigenvalue weighted by molar-refractivity contribution is -0.902. The first kappa shape index (κ1) is 18.8. The minimum absolute atomic E-state index is 0.181. The van der Waals surface area contributed by atoms with Gasteiger partial charge in [0.1, 0.15) is 6.04 Å². The molecule has 28 heavy (non-hydrogen) atoms. The molecule has 1 N–H and O–H groups in total. The molecule has 0 bridgehead atoms. The molecular weight excluding hydrogens is 372 g/mol. The Hall–Kier alpha value is -2.58. The fraction of sp³-hybridized carbons (Fsp3) is 0.400. The summed E-state index contributed by atoms with van der Waals surface area (Å²) in [6.45, 7) is 5.56. The number of nitrogens with zero attached hydrogens (tertiary/aromatic N) is 5. The van der Waals surface area contributed by atoms with E-state index in [0.717, 1.165) is 34.5 Å². The van der Waals surface area contributed by atoms with Crippen molar-refractivity contribution >= 4 is 33.4 Å². The van der Waals surface area contributed by atoms with E-state index < -0.39 is 0 Å². The molecule has 4 rings (SSSR count). The number of quaternary nitrogens is 1. The highest BCUT2D eigenvalue weighted by Gasteiger charge is 2.27. The van der Waals surface area contributed by atoms with Gasteiger partial charge in [0.05, 0.1) is 17.3 Å². The fourth-order valence-electron chi connectivity index (χ4n) is 3.40. The molecule has 1 aliphatic rings. The van der Waals surface area contributed by atoms with Crippen LogP contribution in [0.2, 0.25) is 0 Å². The molecule has 2 atom stereocenters. The summed E-state index contributed by atoms with van der Waals surface area (Å²) in [4.78, 5) is 31.4. The Morgan fingerprint density at radius 3 is 2.57 bits per heavy atom. The predicted octanol–water partition coefficient (Wildman–Crippen LogP) is 1.01. The molecule has 3 aromatic rings. The molecule has 1 aliphatic heterocycles. The van der Waals surface area contributed by atoms with Crippen LogP contribution in [0.1, 0.15) is 18.0 Å². The van der Waals surface area contributed by atoms with Crippen LogP contribution in [0.25, 0.3) is 10.2 Å². The van der Waals surface area contributed by atoms with Crippen molar-refractivity contribution in [1.29, 1.82) is 0 Å². The zero-order valence-corrected chi connectivity index (χ0v) is 17.0. The summed E-state index contributed by atoms with van der Waals surface area (Å²) in [6, 6.07) is 10.2. The van der Waals surface area contributed by atoms with Gasteiger partial charge in [-0.05, 0) is 25.1 Å². The van der Waals surface area contributed by atoms with Gasteiger partial charge in [-0.25, -0.2) is 15.0 Å². The molecule has 8 heteroatoms. The van der Waals surface area contributed by atoms with Gasteiger partial charge in [-0.1, -0.05) is 12.1 Å². The monoisotopic (exact) mass is 397 g/mol. The highest BCUT2D eigenvalue weighted by atomic mass is 32.1. The van der Waals surface area contributed by atoms with Crippen LogP contribution in [0.5, 0.6) is 0 Å². The first-order chi connectivity index (χ1) is 13.6. The third-order valence-corrected chi connectivity index (χ3v) is 6.54. The Morgan fingerprint density at radius 2 is 1.86 bits per heavy atom. The molecular formula is C20H25N6OS+. The largest absolute Gasteiger partial charge is 0.337 e. The number of likely N-dealkylation sites (N-methyl/N-ethyl adjacent to an activating group) is 1.